The van der Waals surface area contributed by atoms with Crippen LogP contribution in [0.5, 0.6) is 0 Å². The van der Waals surface area contributed by atoms with Crippen molar-refractivity contribution in [3.05, 3.63) is 68.7 Å². The molecule has 0 heterocycles. The van der Waals surface area contributed by atoms with Crippen LogP contribution in [-0.2, 0) is 9.53 Å². The maximum atomic E-state index is 12.1. The van der Waals surface area contributed by atoms with E-state index in [4.69, 9.17) is 16.3 Å². The minimum Gasteiger partial charge on any atom is -0.452 e. The third-order valence-corrected chi connectivity index (χ3v) is 4.37. The predicted octanol–water partition coefficient (Wildman–Crippen LogP) is 2.94. The molecule has 29 heavy (non-hydrogen) atoms. The van der Waals surface area contributed by atoms with Gasteiger partial charge in [0.25, 0.3) is 17.5 Å². The topological polar surface area (TPSA) is 128 Å². The molecule has 9 nitrogen and oxygen atoms in total. The van der Waals surface area contributed by atoms with Gasteiger partial charge in [0.1, 0.15) is 0 Å². The Morgan fingerprint density at radius 1 is 1.17 bits per heavy atom. The number of nitro benzene ring substituents is 1. The normalized spacial score (nSPS) is 12.7. The highest BCUT2D eigenvalue weighted by Gasteiger charge is 2.24. The number of carbonyl (C=O) groups excluding carboxylic acids is 3. The van der Waals surface area contributed by atoms with E-state index in [1.807, 2.05) is 0 Å². The van der Waals surface area contributed by atoms with Gasteiger partial charge in [0.2, 0.25) is 0 Å². The Hall–Kier alpha value is -3.46. The number of hydrogen-bond donors (Lipinski definition) is 2. The van der Waals surface area contributed by atoms with Gasteiger partial charge in [-0.2, -0.15) is 0 Å². The van der Waals surface area contributed by atoms with Crippen LogP contribution < -0.4 is 10.6 Å². The number of nitro groups is 1. The number of rotatable bonds is 7. The molecule has 0 spiro atoms. The largest absolute Gasteiger partial charge is 0.452 e. The van der Waals surface area contributed by atoms with Crippen molar-refractivity contribution < 1.29 is 24.0 Å². The molecule has 0 bridgehead atoms. The molecule has 0 aliphatic heterocycles. The summed E-state index contributed by atoms with van der Waals surface area (Å²) in [4.78, 5) is 46.3. The summed E-state index contributed by atoms with van der Waals surface area (Å²) in [5.41, 5.74) is 0.220. The number of halogens is 1. The van der Waals surface area contributed by atoms with Gasteiger partial charge >= 0.3 is 5.97 Å². The van der Waals surface area contributed by atoms with Crippen LogP contribution in [0.15, 0.2) is 42.5 Å². The fourth-order valence-electron chi connectivity index (χ4n) is 2.42. The molecule has 2 N–H and O–H groups in total. The van der Waals surface area contributed by atoms with E-state index in [1.165, 1.54) is 12.1 Å². The highest BCUT2D eigenvalue weighted by Crippen LogP contribution is 2.23. The molecular formula is C19H16ClN3O6. The summed E-state index contributed by atoms with van der Waals surface area (Å²) >= 11 is 5.87. The Morgan fingerprint density at radius 2 is 1.93 bits per heavy atom. The Labute approximate surface area is 170 Å². The van der Waals surface area contributed by atoms with Gasteiger partial charge in [-0.15, -0.1) is 0 Å². The summed E-state index contributed by atoms with van der Waals surface area (Å²) in [5, 5.41) is 16.1. The number of anilines is 1. The van der Waals surface area contributed by atoms with Gasteiger partial charge in [0.15, 0.2) is 6.61 Å². The van der Waals surface area contributed by atoms with Crippen molar-refractivity contribution in [2.45, 2.75) is 18.9 Å². The maximum absolute atomic E-state index is 12.1. The van der Waals surface area contributed by atoms with Crippen molar-refractivity contribution >= 4 is 40.8 Å². The van der Waals surface area contributed by atoms with E-state index in [2.05, 4.69) is 10.6 Å². The summed E-state index contributed by atoms with van der Waals surface area (Å²) in [5.74, 6) is -1.83. The average Bonchev–Trinajstić information content (AvgIpc) is 3.50. The highest BCUT2D eigenvalue weighted by molar-refractivity contribution is 6.33. The first-order chi connectivity index (χ1) is 13.8. The third kappa shape index (κ3) is 5.52. The van der Waals surface area contributed by atoms with E-state index in [0.29, 0.717) is 11.3 Å². The predicted molar refractivity (Wildman–Crippen MR) is 104 cm³/mol. The first-order valence-electron chi connectivity index (χ1n) is 8.65. The average molecular weight is 418 g/mol. The molecule has 2 amide bonds. The van der Waals surface area contributed by atoms with Crippen molar-refractivity contribution in [3.8, 4) is 0 Å². The lowest BCUT2D eigenvalue weighted by Gasteiger charge is -2.09. The van der Waals surface area contributed by atoms with Crippen molar-refractivity contribution in [1.82, 2.24) is 5.32 Å². The zero-order valence-corrected chi connectivity index (χ0v) is 15.8. The highest BCUT2D eigenvalue weighted by atomic mass is 35.5. The van der Waals surface area contributed by atoms with Gasteiger partial charge in [-0.3, -0.25) is 19.7 Å². The fourth-order valence-corrected chi connectivity index (χ4v) is 2.62. The molecule has 1 aliphatic carbocycles. The lowest BCUT2D eigenvalue weighted by atomic mass is 10.2. The van der Waals surface area contributed by atoms with Crippen LogP contribution in [0.3, 0.4) is 0 Å². The first-order valence-corrected chi connectivity index (χ1v) is 9.03. The van der Waals surface area contributed by atoms with E-state index in [-0.39, 0.29) is 28.2 Å². The molecule has 1 aliphatic rings. The zero-order valence-electron chi connectivity index (χ0n) is 15.0. The molecule has 1 saturated carbocycles. The number of benzene rings is 2. The Balaban J connectivity index is 1.57. The molecule has 0 saturated heterocycles. The van der Waals surface area contributed by atoms with Crippen molar-refractivity contribution in [2.24, 2.45) is 0 Å². The molecule has 0 unspecified atom stereocenters. The van der Waals surface area contributed by atoms with Crippen LogP contribution >= 0.6 is 11.6 Å². The Bertz CT molecular complexity index is 990. The first kappa shape index (κ1) is 20.3. The maximum Gasteiger partial charge on any atom is 0.340 e. The second-order valence-electron chi connectivity index (χ2n) is 6.37. The van der Waals surface area contributed by atoms with Crippen LogP contribution in [-0.4, -0.2) is 35.4 Å². The zero-order chi connectivity index (χ0) is 21.0. The van der Waals surface area contributed by atoms with E-state index in [9.17, 15) is 24.5 Å². The van der Waals surface area contributed by atoms with Gasteiger partial charge in [0.05, 0.1) is 15.5 Å². The molecular weight excluding hydrogens is 402 g/mol. The van der Waals surface area contributed by atoms with E-state index < -0.39 is 23.4 Å². The fraction of sp³-hybridized carbons (Fsp3) is 0.211. The molecule has 3 rings (SSSR count). The lowest BCUT2D eigenvalue weighted by Crippen LogP contribution is -2.25. The molecule has 1 fully saturated rings. The van der Waals surface area contributed by atoms with Crippen molar-refractivity contribution in [1.29, 1.82) is 0 Å². The summed E-state index contributed by atoms with van der Waals surface area (Å²) in [7, 11) is 0. The molecule has 10 heteroatoms. The van der Waals surface area contributed by atoms with E-state index in [0.717, 1.165) is 25.0 Å². The summed E-state index contributed by atoms with van der Waals surface area (Å²) < 4.78 is 4.88. The lowest BCUT2D eigenvalue weighted by molar-refractivity contribution is -0.384. The van der Waals surface area contributed by atoms with E-state index >= 15 is 0 Å². The smallest absolute Gasteiger partial charge is 0.340 e. The second-order valence-corrected chi connectivity index (χ2v) is 6.78. The van der Waals surface area contributed by atoms with E-state index in [1.54, 1.807) is 18.2 Å². The Kier molecular flexibility index (Phi) is 6.08. The number of nitrogens with zero attached hydrogens (tertiary/aromatic N) is 1. The summed E-state index contributed by atoms with van der Waals surface area (Å²) in [6, 6.07) is 9.88. The second kappa shape index (κ2) is 8.70. The Morgan fingerprint density at radius 3 is 2.62 bits per heavy atom. The van der Waals surface area contributed by atoms with Gasteiger partial charge in [0, 0.05) is 29.4 Å². The van der Waals surface area contributed by atoms with Crippen molar-refractivity contribution in [2.75, 3.05) is 11.9 Å². The van der Waals surface area contributed by atoms with Crippen LogP contribution in [0.25, 0.3) is 0 Å². The van der Waals surface area contributed by atoms with Crippen LogP contribution in [0, 0.1) is 10.1 Å². The molecule has 2 aromatic rings. The minimum absolute atomic E-state index is 0.0321. The summed E-state index contributed by atoms with van der Waals surface area (Å²) in [6.07, 6.45) is 1.92. The summed E-state index contributed by atoms with van der Waals surface area (Å²) in [6.45, 7) is -0.629. The number of carbonyl (C=O) groups is 3. The van der Waals surface area contributed by atoms with Crippen molar-refractivity contribution in [3.63, 3.8) is 0 Å². The molecule has 2 aromatic carbocycles. The van der Waals surface area contributed by atoms with Gasteiger partial charge in [-0.1, -0.05) is 17.7 Å². The van der Waals surface area contributed by atoms with Crippen LogP contribution in [0.4, 0.5) is 11.4 Å². The number of nitrogens with one attached hydrogen (secondary N) is 2. The third-order valence-electron chi connectivity index (χ3n) is 4.04. The molecule has 150 valence electrons. The van der Waals surface area contributed by atoms with Gasteiger partial charge in [-0.05, 0) is 37.1 Å². The number of non-ortho nitro benzene ring substituents is 1. The standard InChI is InChI=1S/C19H16ClN3O6/c20-16-7-6-14(23(27)28)9-15(16)19(26)29-10-17(24)21-13-3-1-2-11(8-13)18(25)22-12-4-5-12/h1-3,6-9,12H,4-5,10H2,(H,21,24)(H,22,25). The minimum atomic E-state index is -0.966. The molecule has 0 aromatic heterocycles. The quantitative estimate of drug-likeness (QED) is 0.405. The van der Waals surface area contributed by atoms with Crippen LogP contribution in [0.1, 0.15) is 33.6 Å². The number of esters is 1. The SMILES string of the molecule is O=C(COC(=O)c1cc([N+](=O)[O-])ccc1Cl)Nc1cccc(C(=O)NC2CC2)c1. The molecule has 0 atom stereocenters. The number of ether oxygens (including phenoxy) is 1. The number of amides is 2. The number of hydrogen-bond acceptors (Lipinski definition) is 6. The van der Waals surface area contributed by atoms with Crippen LogP contribution in [0.2, 0.25) is 5.02 Å². The van der Waals surface area contributed by atoms with Gasteiger partial charge < -0.3 is 15.4 Å². The monoisotopic (exact) mass is 417 g/mol. The molecule has 0 radical (unpaired) electrons. The van der Waals surface area contributed by atoms with Gasteiger partial charge in [-0.25, -0.2) is 4.79 Å².